The molecule has 0 N–H and O–H groups in total. The Morgan fingerprint density at radius 2 is 1.88 bits per heavy atom. The topological polar surface area (TPSA) is 9.23 Å². The summed E-state index contributed by atoms with van der Waals surface area (Å²) in [6.07, 6.45) is 0. The SMILES string of the molecule is Cc1cc(Oc2cccc(F)c2)ccc1CCl. The maximum Gasteiger partial charge on any atom is 0.130 e. The van der Waals surface area contributed by atoms with E-state index in [-0.39, 0.29) is 5.82 Å². The fourth-order valence-electron chi connectivity index (χ4n) is 1.55. The van der Waals surface area contributed by atoms with E-state index in [1.165, 1.54) is 12.1 Å². The Morgan fingerprint density at radius 3 is 2.53 bits per heavy atom. The van der Waals surface area contributed by atoms with Crippen LogP contribution in [0.25, 0.3) is 0 Å². The van der Waals surface area contributed by atoms with Gasteiger partial charge in [-0.3, -0.25) is 0 Å². The van der Waals surface area contributed by atoms with Crippen molar-refractivity contribution in [1.82, 2.24) is 0 Å². The molecular formula is C14H12ClFO. The van der Waals surface area contributed by atoms with Crippen LogP contribution in [-0.4, -0.2) is 0 Å². The van der Waals surface area contributed by atoms with E-state index in [0.717, 1.165) is 11.1 Å². The monoisotopic (exact) mass is 250 g/mol. The molecule has 0 aromatic heterocycles. The standard InChI is InChI=1S/C14H12ClFO/c1-10-7-14(6-5-11(10)9-15)17-13-4-2-3-12(16)8-13/h2-8H,9H2,1H3. The Labute approximate surface area is 105 Å². The summed E-state index contributed by atoms with van der Waals surface area (Å²) in [7, 11) is 0. The molecule has 0 bridgehead atoms. The third-order valence-electron chi connectivity index (χ3n) is 2.49. The zero-order chi connectivity index (χ0) is 12.3. The quantitative estimate of drug-likeness (QED) is 0.720. The molecule has 17 heavy (non-hydrogen) atoms. The van der Waals surface area contributed by atoms with Crippen LogP contribution in [0.5, 0.6) is 11.5 Å². The van der Waals surface area contributed by atoms with Crippen molar-refractivity contribution in [2.75, 3.05) is 0 Å². The maximum absolute atomic E-state index is 13.0. The van der Waals surface area contributed by atoms with Gasteiger partial charge in [-0.15, -0.1) is 11.6 Å². The first-order valence-electron chi connectivity index (χ1n) is 5.28. The zero-order valence-corrected chi connectivity index (χ0v) is 10.2. The van der Waals surface area contributed by atoms with Gasteiger partial charge < -0.3 is 4.74 Å². The molecule has 2 aromatic rings. The van der Waals surface area contributed by atoms with Gasteiger partial charge in [0.15, 0.2) is 0 Å². The first-order chi connectivity index (χ1) is 8.19. The summed E-state index contributed by atoms with van der Waals surface area (Å²) in [5.74, 6) is 1.34. The van der Waals surface area contributed by atoms with Crippen molar-refractivity contribution in [3.63, 3.8) is 0 Å². The molecule has 0 saturated carbocycles. The highest BCUT2D eigenvalue weighted by Crippen LogP contribution is 2.24. The minimum atomic E-state index is -0.309. The summed E-state index contributed by atoms with van der Waals surface area (Å²) in [6.45, 7) is 1.97. The zero-order valence-electron chi connectivity index (χ0n) is 9.41. The van der Waals surface area contributed by atoms with Crippen molar-refractivity contribution in [2.45, 2.75) is 12.8 Å². The van der Waals surface area contributed by atoms with Crippen LogP contribution in [-0.2, 0) is 5.88 Å². The van der Waals surface area contributed by atoms with Crippen LogP contribution in [0.2, 0.25) is 0 Å². The molecule has 1 nitrogen and oxygen atoms in total. The molecule has 0 saturated heterocycles. The van der Waals surface area contributed by atoms with Crippen LogP contribution >= 0.6 is 11.6 Å². The second-order valence-corrected chi connectivity index (χ2v) is 4.05. The Hall–Kier alpha value is -1.54. The normalized spacial score (nSPS) is 10.3. The molecule has 0 spiro atoms. The molecule has 0 atom stereocenters. The van der Waals surface area contributed by atoms with Gasteiger partial charge in [-0.2, -0.15) is 0 Å². The highest BCUT2D eigenvalue weighted by atomic mass is 35.5. The second kappa shape index (κ2) is 5.19. The van der Waals surface area contributed by atoms with Gasteiger partial charge in [0.25, 0.3) is 0 Å². The average Bonchev–Trinajstić information content (AvgIpc) is 2.29. The van der Waals surface area contributed by atoms with E-state index >= 15 is 0 Å². The predicted molar refractivity (Wildman–Crippen MR) is 67.2 cm³/mol. The third-order valence-corrected chi connectivity index (χ3v) is 2.78. The molecule has 0 aliphatic rings. The number of halogens is 2. The smallest absolute Gasteiger partial charge is 0.130 e. The number of hydrogen-bond acceptors (Lipinski definition) is 1. The summed E-state index contributed by atoms with van der Waals surface area (Å²) >= 11 is 5.78. The third kappa shape index (κ3) is 2.98. The minimum Gasteiger partial charge on any atom is -0.457 e. The second-order valence-electron chi connectivity index (χ2n) is 3.78. The van der Waals surface area contributed by atoms with Gasteiger partial charge in [0, 0.05) is 11.9 Å². The lowest BCUT2D eigenvalue weighted by Gasteiger charge is -2.08. The summed E-state index contributed by atoms with van der Waals surface area (Å²) in [5.41, 5.74) is 2.13. The van der Waals surface area contributed by atoms with E-state index in [0.29, 0.717) is 17.4 Å². The first kappa shape index (κ1) is 11.9. The first-order valence-corrected chi connectivity index (χ1v) is 5.81. The van der Waals surface area contributed by atoms with Gasteiger partial charge in [0.2, 0.25) is 0 Å². The molecule has 0 aliphatic carbocycles. The highest BCUT2D eigenvalue weighted by Gasteiger charge is 2.02. The molecule has 2 aromatic carbocycles. The lowest BCUT2D eigenvalue weighted by molar-refractivity contribution is 0.476. The van der Waals surface area contributed by atoms with Crippen LogP contribution in [0.4, 0.5) is 4.39 Å². The lowest BCUT2D eigenvalue weighted by Crippen LogP contribution is -1.89. The van der Waals surface area contributed by atoms with E-state index in [4.69, 9.17) is 16.3 Å². The van der Waals surface area contributed by atoms with Gasteiger partial charge in [-0.25, -0.2) is 4.39 Å². The van der Waals surface area contributed by atoms with Crippen LogP contribution in [0.3, 0.4) is 0 Å². The Morgan fingerprint density at radius 1 is 1.12 bits per heavy atom. The molecule has 0 heterocycles. The van der Waals surface area contributed by atoms with Crippen molar-refractivity contribution < 1.29 is 9.13 Å². The fourth-order valence-corrected chi connectivity index (χ4v) is 1.85. The molecule has 3 heteroatoms. The highest BCUT2D eigenvalue weighted by molar-refractivity contribution is 6.17. The van der Waals surface area contributed by atoms with E-state index in [1.54, 1.807) is 12.1 Å². The average molecular weight is 251 g/mol. The Balaban J connectivity index is 2.22. The number of ether oxygens (including phenoxy) is 1. The van der Waals surface area contributed by atoms with Crippen LogP contribution < -0.4 is 4.74 Å². The lowest BCUT2D eigenvalue weighted by atomic mass is 10.1. The van der Waals surface area contributed by atoms with E-state index in [1.807, 2.05) is 25.1 Å². The number of benzene rings is 2. The number of aryl methyl sites for hydroxylation is 1. The van der Waals surface area contributed by atoms with Crippen molar-refractivity contribution >= 4 is 11.6 Å². The summed E-state index contributed by atoms with van der Waals surface area (Å²) < 4.78 is 18.5. The minimum absolute atomic E-state index is 0.309. The maximum atomic E-state index is 13.0. The van der Waals surface area contributed by atoms with Gasteiger partial charge in [-0.05, 0) is 42.3 Å². The van der Waals surface area contributed by atoms with Crippen molar-refractivity contribution in [3.05, 3.63) is 59.4 Å². The fraction of sp³-hybridized carbons (Fsp3) is 0.143. The molecule has 88 valence electrons. The number of hydrogen-bond donors (Lipinski definition) is 0. The molecule has 0 radical (unpaired) electrons. The molecule has 0 amide bonds. The summed E-state index contributed by atoms with van der Waals surface area (Å²) in [4.78, 5) is 0. The van der Waals surface area contributed by atoms with E-state index < -0.39 is 0 Å². The molecule has 0 fully saturated rings. The van der Waals surface area contributed by atoms with Gasteiger partial charge in [0.05, 0.1) is 0 Å². The molecule has 0 unspecified atom stereocenters. The largest absolute Gasteiger partial charge is 0.457 e. The Bertz CT molecular complexity index is 525. The van der Waals surface area contributed by atoms with Crippen LogP contribution in [0.1, 0.15) is 11.1 Å². The number of alkyl halides is 1. The molecule has 2 rings (SSSR count). The van der Waals surface area contributed by atoms with Gasteiger partial charge in [0.1, 0.15) is 17.3 Å². The van der Waals surface area contributed by atoms with Crippen molar-refractivity contribution in [3.8, 4) is 11.5 Å². The van der Waals surface area contributed by atoms with Gasteiger partial charge >= 0.3 is 0 Å². The van der Waals surface area contributed by atoms with Crippen molar-refractivity contribution in [2.24, 2.45) is 0 Å². The predicted octanol–water partition coefficient (Wildman–Crippen LogP) is 4.67. The van der Waals surface area contributed by atoms with Crippen molar-refractivity contribution in [1.29, 1.82) is 0 Å². The number of rotatable bonds is 3. The van der Waals surface area contributed by atoms with Crippen LogP contribution in [0.15, 0.2) is 42.5 Å². The van der Waals surface area contributed by atoms with E-state index in [9.17, 15) is 4.39 Å². The summed E-state index contributed by atoms with van der Waals surface area (Å²) in [5, 5.41) is 0. The molecular weight excluding hydrogens is 239 g/mol. The molecule has 0 aliphatic heterocycles. The summed E-state index contributed by atoms with van der Waals surface area (Å²) in [6, 6.07) is 11.7. The Kier molecular flexibility index (Phi) is 3.64. The van der Waals surface area contributed by atoms with Crippen LogP contribution in [0, 0.1) is 12.7 Å². The van der Waals surface area contributed by atoms with Gasteiger partial charge in [-0.1, -0.05) is 12.1 Å². The van der Waals surface area contributed by atoms with E-state index in [2.05, 4.69) is 0 Å².